The van der Waals surface area contributed by atoms with Gasteiger partial charge in [-0.05, 0) is 63.0 Å². The van der Waals surface area contributed by atoms with E-state index < -0.39 is 15.7 Å². The molecule has 2 bridgehead atoms. The van der Waals surface area contributed by atoms with Gasteiger partial charge in [-0.1, -0.05) is 24.6 Å². The van der Waals surface area contributed by atoms with Crippen LogP contribution in [0.2, 0.25) is 0 Å². The molecule has 1 aromatic carbocycles. The van der Waals surface area contributed by atoms with E-state index in [4.69, 9.17) is 4.18 Å². The van der Waals surface area contributed by atoms with Crippen LogP contribution in [-0.4, -0.2) is 14.0 Å². The SMILES string of the molecule is Cc1ccc(S(=O)(=O)OC23CCC(C)(CC2)CC3)cc1. The highest BCUT2D eigenvalue weighted by Gasteiger charge is 2.49. The van der Waals surface area contributed by atoms with Gasteiger partial charge in [0.2, 0.25) is 0 Å². The van der Waals surface area contributed by atoms with Gasteiger partial charge in [-0.3, -0.25) is 4.18 Å². The van der Waals surface area contributed by atoms with Crippen molar-refractivity contribution in [3.8, 4) is 0 Å². The van der Waals surface area contributed by atoms with Gasteiger partial charge in [0.1, 0.15) is 0 Å². The summed E-state index contributed by atoms with van der Waals surface area (Å²) in [5.41, 5.74) is 1.02. The van der Waals surface area contributed by atoms with Crippen molar-refractivity contribution in [1.82, 2.24) is 0 Å². The minimum atomic E-state index is -3.64. The number of benzene rings is 1. The second-order valence-electron chi connectivity index (χ2n) is 6.84. The standard InChI is InChI=1S/C16H22O3S/c1-13-3-5-14(6-4-13)20(17,18)19-16-10-7-15(2,8-11-16)9-12-16/h3-6H,7-12H2,1-2H3. The molecule has 0 saturated heterocycles. The Labute approximate surface area is 121 Å². The maximum atomic E-state index is 12.5. The van der Waals surface area contributed by atoms with Crippen LogP contribution >= 0.6 is 0 Å². The molecule has 3 fully saturated rings. The normalized spacial score (nSPS) is 33.3. The summed E-state index contributed by atoms with van der Waals surface area (Å²) in [6.45, 7) is 4.25. The van der Waals surface area contributed by atoms with Crippen LogP contribution in [0.25, 0.3) is 0 Å². The van der Waals surface area contributed by atoms with Gasteiger partial charge in [0.05, 0.1) is 10.5 Å². The molecular weight excluding hydrogens is 272 g/mol. The zero-order chi connectivity index (χ0) is 14.4. The van der Waals surface area contributed by atoms with E-state index in [1.165, 1.54) is 0 Å². The predicted octanol–water partition coefficient (Wildman–Crippen LogP) is 3.81. The number of fused-ring (bicyclic) bond motifs is 3. The van der Waals surface area contributed by atoms with Crippen LogP contribution in [0.5, 0.6) is 0 Å². The maximum absolute atomic E-state index is 12.5. The van der Waals surface area contributed by atoms with Crippen LogP contribution in [0, 0.1) is 12.3 Å². The van der Waals surface area contributed by atoms with Crippen LogP contribution in [0.15, 0.2) is 29.2 Å². The molecule has 3 aliphatic carbocycles. The summed E-state index contributed by atoms with van der Waals surface area (Å²) in [5.74, 6) is 0. The summed E-state index contributed by atoms with van der Waals surface area (Å²) in [6, 6.07) is 6.90. The van der Waals surface area contributed by atoms with Crippen molar-refractivity contribution in [2.24, 2.45) is 5.41 Å². The van der Waals surface area contributed by atoms with Crippen LogP contribution in [0.1, 0.15) is 51.0 Å². The number of hydrogen-bond acceptors (Lipinski definition) is 3. The highest BCUT2D eigenvalue weighted by Crippen LogP contribution is 2.54. The summed E-state index contributed by atoms with van der Waals surface area (Å²) in [4.78, 5) is 0.274. The summed E-state index contributed by atoms with van der Waals surface area (Å²) in [6.07, 6.45) is 5.85. The molecule has 4 rings (SSSR count). The number of rotatable bonds is 3. The molecule has 3 nitrogen and oxygen atoms in total. The fraction of sp³-hybridized carbons (Fsp3) is 0.625. The van der Waals surface area contributed by atoms with E-state index >= 15 is 0 Å². The Bertz CT molecular complexity index is 577. The third-order valence-electron chi connectivity index (χ3n) is 5.15. The van der Waals surface area contributed by atoms with Crippen LogP contribution in [-0.2, 0) is 14.3 Å². The molecule has 4 heteroatoms. The van der Waals surface area contributed by atoms with Gasteiger partial charge in [0.15, 0.2) is 0 Å². The molecule has 0 heterocycles. The zero-order valence-corrected chi connectivity index (χ0v) is 13.0. The van der Waals surface area contributed by atoms with Crippen molar-refractivity contribution in [1.29, 1.82) is 0 Å². The van der Waals surface area contributed by atoms with E-state index in [0.717, 1.165) is 44.1 Å². The third-order valence-corrected chi connectivity index (χ3v) is 6.57. The summed E-state index contributed by atoms with van der Waals surface area (Å²) < 4.78 is 30.6. The van der Waals surface area contributed by atoms with Gasteiger partial charge in [-0.2, -0.15) is 8.42 Å². The van der Waals surface area contributed by atoms with Crippen LogP contribution in [0.4, 0.5) is 0 Å². The van der Waals surface area contributed by atoms with Crippen molar-refractivity contribution >= 4 is 10.1 Å². The molecule has 0 unspecified atom stereocenters. The first-order chi connectivity index (χ1) is 9.33. The molecule has 110 valence electrons. The molecule has 0 aliphatic heterocycles. The molecule has 20 heavy (non-hydrogen) atoms. The Morgan fingerprint density at radius 3 is 1.95 bits per heavy atom. The number of hydrogen-bond donors (Lipinski definition) is 0. The van der Waals surface area contributed by atoms with Gasteiger partial charge in [-0.15, -0.1) is 0 Å². The fourth-order valence-corrected chi connectivity index (χ4v) is 4.73. The monoisotopic (exact) mass is 294 g/mol. The molecule has 0 spiro atoms. The van der Waals surface area contributed by atoms with E-state index in [1.54, 1.807) is 12.1 Å². The van der Waals surface area contributed by atoms with Crippen molar-refractivity contribution in [2.45, 2.75) is 62.9 Å². The number of aryl methyl sites for hydroxylation is 1. The first-order valence-corrected chi connectivity index (χ1v) is 8.76. The van der Waals surface area contributed by atoms with Gasteiger partial charge in [0.25, 0.3) is 10.1 Å². The topological polar surface area (TPSA) is 43.4 Å². The molecule has 0 amide bonds. The van der Waals surface area contributed by atoms with Gasteiger partial charge in [0, 0.05) is 0 Å². The Balaban J connectivity index is 1.82. The predicted molar refractivity (Wildman–Crippen MR) is 78.0 cm³/mol. The van der Waals surface area contributed by atoms with Gasteiger partial charge in [-0.25, -0.2) is 0 Å². The lowest BCUT2D eigenvalue weighted by molar-refractivity contribution is -0.0628. The van der Waals surface area contributed by atoms with E-state index in [2.05, 4.69) is 6.92 Å². The van der Waals surface area contributed by atoms with E-state index in [9.17, 15) is 8.42 Å². The van der Waals surface area contributed by atoms with Gasteiger partial charge >= 0.3 is 0 Å². The molecule has 0 aromatic heterocycles. The van der Waals surface area contributed by atoms with Crippen molar-refractivity contribution in [3.05, 3.63) is 29.8 Å². The molecular formula is C16H22O3S. The van der Waals surface area contributed by atoms with Crippen molar-refractivity contribution < 1.29 is 12.6 Å². The minimum Gasteiger partial charge on any atom is -0.260 e. The quantitative estimate of drug-likeness (QED) is 0.796. The molecule has 0 N–H and O–H groups in total. The smallest absolute Gasteiger partial charge is 0.260 e. The fourth-order valence-electron chi connectivity index (χ4n) is 3.45. The van der Waals surface area contributed by atoms with E-state index in [0.29, 0.717) is 5.41 Å². The lowest BCUT2D eigenvalue weighted by Gasteiger charge is -2.50. The minimum absolute atomic E-state index is 0.274. The van der Waals surface area contributed by atoms with E-state index in [1.807, 2.05) is 19.1 Å². The third kappa shape index (κ3) is 2.51. The molecule has 3 aliphatic rings. The van der Waals surface area contributed by atoms with Crippen molar-refractivity contribution in [2.75, 3.05) is 0 Å². The average Bonchev–Trinajstić information content (AvgIpc) is 2.41. The molecule has 0 atom stereocenters. The zero-order valence-electron chi connectivity index (χ0n) is 12.2. The molecule has 3 saturated carbocycles. The molecule has 1 aromatic rings. The summed E-state index contributed by atoms with van der Waals surface area (Å²) in [7, 11) is -3.64. The summed E-state index contributed by atoms with van der Waals surface area (Å²) >= 11 is 0. The highest BCUT2D eigenvalue weighted by atomic mass is 32.2. The second-order valence-corrected chi connectivity index (χ2v) is 8.39. The maximum Gasteiger partial charge on any atom is 0.297 e. The van der Waals surface area contributed by atoms with Crippen LogP contribution < -0.4 is 0 Å². The van der Waals surface area contributed by atoms with Crippen LogP contribution in [0.3, 0.4) is 0 Å². The lowest BCUT2D eigenvalue weighted by atomic mass is 9.60. The average molecular weight is 294 g/mol. The second kappa shape index (κ2) is 4.57. The Morgan fingerprint density at radius 2 is 1.45 bits per heavy atom. The Morgan fingerprint density at radius 1 is 0.950 bits per heavy atom. The van der Waals surface area contributed by atoms with Gasteiger partial charge < -0.3 is 0 Å². The summed E-state index contributed by atoms with van der Waals surface area (Å²) in [5, 5.41) is 0. The molecule has 0 radical (unpaired) electrons. The lowest BCUT2D eigenvalue weighted by Crippen LogP contribution is -2.47. The highest BCUT2D eigenvalue weighted by molar-refractivity contribution is 7.86. The first-order valence-electron chi connectivity index (χ1n) is 7.35. The Hall–Kier alpha value is -0.870. The van der Waals surface area contributed by atoms with E-state index in [-0.39, 0.29) is 4.90 Å². The largest absolute Gasteiger partial charge is 0.297 e. The first kappa shape index (κ1) is 14.1. The van der Waals surface area contributed by atoms with Crippen molar-refractivity contribution in [3.63, 3.8) is 0 Å². The Kier molecular flexibility index (Phi) is 3.22.